The molecule has 0 unspecified atom stereocenters. The summed E-state index contributed by atoms with van der Waals surface area (Å²) in [5.41, 5.74) is 0.177. The van der Waals surface area contributed by atoms with Crippen LogP contribution in [-0.2, 0) is 0 Å². The Kier molecular flexibility index (Phi) is 4.94. The maximum Gasteiger partial charge on any atom is 0.339 e. The second kappa shape index (κ2) is 7.13. The highest BCUT2D eigenvalue weighted by atomic mass is 16.5. The number of aromatic carboxylic acids is 1. The Balaban J connectivity index is 1.75. The number of nitrogens with zero attached hydrogens (tertiary/aromatic N) is 1. The molecular formula is C15H16N2O3. The largest absolute Gasteiger partial charge is 0.494 e. The molecule has 0 fully saturated rings. The molecule has 20 heavy (non-hydrogen) atoms. The van der Waals surface area contributed by atoms with Gasteiger partial charge in [-0.25, -0.2) is 9.78 Å². The number of carboxylic acids is 1. The first-order chi connectivity index (χ1) is 9.77. The molecule has 0 aliphatic heterocycles. The third-order valence-corrected chi connectivity index (χ3v) is 2.66. The fourth-order valence-electron chi connectivity index (χ4n) is 1.70. The molecule has 1 heterocycles. The Morgan fingerprint density at radius 1 is 1.20 bits per heavy atom. The Morgan fingerprint density at radius 2 is 2.00 bits per heavy atom. The summed E-state index contributed by atoms with van der Waals surface area (Å²) in [6.07, 6.45) is 2.32. The first-order valence-corrected chi connectivity index (χ1v) is 6.37. The normalized spacial score (nSPS) is 10.0. The summed E-state index contributed by atoms with van der Waals surface area (Å²) in [6, 6.07) is 12.7. The summed E-state index contributed by atoms with van der Waals surface area (Å²) in [6.45, 7) is 1.16. The van der Waals surface area contributed by atoms with E-state index in [0.29, 0.717) is 19.0 Å². The fraction of sp³-hybridized carbons (Fsp3) is 0.200. The van der Waals surface area contributed by atoms with Crippen molar-refractivity contribution in [3.05, 3.63) is 54.2 Å². The van der Waals surface area contributed by atoms with Crippen LogP contribution >= 0.6 is 0 Å². The second-order valence-corrected chi connectivity index (χ2v) is 4.15. The highest BCUT2D eigenvalue weighted by Gasteiger charge is 2.09. The molecule has 0 radical (unpaired) electrons. The third-order valence-electron chi connectivity index (χ3n) is 2.66. The Bertz CT molecular complexity index is 558. The van der Waals surface area contributed by atoms with E-state index < -0.39 is 5.97 Å². The van der Waals surface area contributed by atoms with Gasteiger partial charge in [0.15, 0.2) is 0 Å². The minimum atomic E-state index is -0.985. The number of ether oxygens (including phenoxy) is 1. The van der Waals surface area contributed by atoms with E-state index in [1.165, 1.54) is 6.07 Å². The molecule has 2 rings (SSSR count). The molecule has 1 aromatic heterocycles. The van der Waals surface area contributed by atoms with Crippen LogP contribution in [0.3, 0.4) is 0 Å². The molecule has 0 saturated carbocycles. The Morgan fingerprint density at radius 3 is 2.75 bits per heavy atom. The number of aromatic nitrogens is 1. The molecule has 0 saturated heterocycles. The van der Waals surface area contributed by atoms with Crippen molar-refractivity contribution in [1.29, 1.82) is 0 Å². The highest BCUT2D eigenvalue weighted by Crippen LogP contribution is 2.11. The number of hydrogen-bond acceptors (Lipinski definition) is 4. The van der Waals surface area contributed by atoms with Crippen LogP contribution in [-0.4, -0.2) is 29.2 Å². The number of carboxylic acid groups (broad SMARTS) is 1. The van der Waals surface area contributed by atoms with E-state index in [4.69, 9.17) is 9.84 Å². The van der Waals surface area contributed by atoms with Gasteiger partial charge in [0.1, 0.15) is 17.1 Å². The topological polar surface area (TPSA) is 71.5 Å². The average Bonchev–Trinajstić information content (AvgIpc) is 2.48. The quantitative estimate of drug-likeness (QED) is 0.758. The lowest BCUT2D eigenvalue weighted by atomic mass is 10.2. The molecule has 0 aliphatic rings. The molecule has 0 spiro atoms. The van der Waals surface area contributed by atoms with E-state index in [9.17, 15) is 4.79 Å². The highest BCUT2D eigenvalue weighted by molar-refractivity contribution is 5.92. The van der Waals surface area contributed by atoms with Crippen LogP contribution in [0.15, 0.2) is 48.7 Å². The summed E-state index contributed by atoms with van der Waals surface area (Å²) >= 11 is 0. The predicted octanol–water partition coefficient (Wildman–Crippen LogP) is 2.66. The molecule has 5 nitrogen and oxygen atoms in total. The van der Waals surface area contributed by atoms with Crippen molar-refractivity contribution < 1.29 is 14.6 Å². The second-order valence-electron chi connectivity index (χ2n) is 4.15. The number of para-hydroxylation sites is 1. The smallest absolute Gasteiger partial charge is 0.339 e. The van der Waals surface area contributed by atoms with Crippen LogP contribution in [0.25, 0.3) is 0 Å². The predicted molar refractivity (Wildman–Crippen MR) is 76.2 cm³/mol. The van der Waals surface area contributed by atoms with Crippen LogP contribution in [0.4, 0.5) is 5.82 Å². The van der Waals surface area contributed by atoms with E-state index in [2.05, 4.69) is 10.3 Å². The van der Waals surface area contributed by atoms with Crippen molar-refractivity contribution >= 4 is 11.8 Å². The number of hydrogen-bond donors (Lipinski definition) is 2. The zero-order valence-corrected chi connectivity index (χ0v) is 11.0. The minimum absolute atomic E-state index is 0.177. The van der Waals surface area contributed by atoms with E-state index in [1.807, 2.05) is 30.3 Å². The molecule has 1 aromatic carbocycles. The average molecular weight is 272 g/mol. The summed E-state index contributed by atoms with van der Waals surface area (Å²) in [5.74, 6) is 0.234. The molecule has 2 N–H and O–H groups in total. The Labute approximate surface area is 117 Å². The van der Waals surface area contributed by atoms with Gasteiger partial charge in [0.05, 0.1) is 6.61 Å². The van der Waals surface area contributed by atoms with Gasteiger partial charge < -0.3 is 15.2 Å². The van der Waals surface area contributed by atoms with E-state index >= 15 is 0 Å². The number of nitrogens with one attached hydrogen (secondary N) is 1. The van der Waals surface area contributed by atoms with Crippen LogP contribution in [0.1, 0.15) is 16.8 Å². The van der Waals surface area contributed by atoms with Gasteiger partial charge in [-0.15, -0.1) is 0 Å². The van der Waals surface area contributed by atoms with Gasteiger partial charge in [0.25, 0.3) is 0 Å². The number of anilines is 1. The number of carbonyl (C=O) groups is 1. The van der Waals surface area contributed by atoms with Gasteiger partial charge in [0, 0.05) is 12.7 Å². The monoisotopic (exact) mass is 272 g/mol. The van der Waals surface area contributed by atoms with E-state index in [-0.39, 0.29) is 5.56 Å². The number of benzene rings is 1. The Hall–Kier alpha value is -2.56. The zero-order chi connectivity index (χ0) is 14.2. The molecular weight excluding hydrogens is 256 g/mol. The van der Waals surface area contributed by atoms with Gasteiger partial charge >= 0.3 is 5.97 Å². The lowest BCUT2D eigenvalue weighted by Gasteiger charge is -2.09. The molecule has 0 bridgehead atoms. The summed E-state index contributed by atoms with van der Waals surface area (Å²) in [4.78, 5) is 15.0. The van der Waals surface area contributed by atoms with Crippen LogP contribution in [0.2, 0.25) is 0 Å². The lowest BCUT2D eigenvalue weighted by Crippen LogP contribution is -2.11. The van der Waals surface area contributed by atoms with Crippen molar-refractivity contribution in [1.82, 2.24) is 4.98 Å². The van der Waals surface area contributed by atoms with Crippen molar-refractivity contribution in [3.63, 3.8) is 0 Å². The van der Waals surface area contributed by atoms with Crippen LogP contribution in [0, 0.1) is 0 Å². The van der Waals surface area contributed by atoms with Gasteiger partial charge in [-0.3, -0.25) is 0 Å². The summed E-state index contributed by atoms with van der Waals surface area (Å²) < 4.78 is 5.54. The van der Waals surface area contributed by atoms with Crippen LogP contribution in [0.5, 0.6) is 5.75 Å². The van der Waals surface area contributed by atoms with Gasteiger partial charge in [-0.2, -0.15) is 0 Å². The summed E-state index contributed by atoms with van der Waals surface area (Å²) in [7, 11) is 0. The molecule has 0 amide bonds. The fourth-order valence-corrected chi connectivity index (χ4v) is 1.70. The maximum absolute atomic E-state index is 11.0. The molecule has 104 valence electrons. The van der Waals surface area contributed by atoms with Crippen molar-refractivity contribution in [2.75, 3.05) is 18.5 Å². The SMILES string of the molecule is O=C(O)c1cccnc1NCCCOc1ccccc1. The van der Waals surface area contributed by atoms with Crippen LogP contribution < -0.4 is 10.1 Å². The van der Waals surface area contributed by atoms with Gasteiger partial charge in [-0.05, 0) is 30.7 Å². The van der Waals surface area contributed by atoms with Crippen molar-refractivity contribution in [2.45, 2.75) is 6.42 Å². The van der Waals surface area contributed by atoms with Crippen molar-refractivity contribution in [2.24, 2.45) is 0 Å². The molecule has 2 aromatic rings. The minimum Gasteiger partial charge on any atom is -0.494 e. The van der Waals surface area contributed by atoms with E-state index in [1.54, 1.807) is 12.3 Å². The summed E-state index contributed by atoms with van der Waals surface area (Å²) in [5, 5.41) is 12.0. The lowest BCUT2D eigenvalue weighted by molar-refractivity contribution is 0.0697. The molecule has 5 heteroatoms. The molecule has 0 aliphatic carbocycles. The number of pyridine rings is 1. The van der Waals surface area contributed by atoms with Gasteiger partial charge in [0.2, 0.25) is 0 Å². The third kappa shape index (κ3) is 3.98. The van der Waals surface area contributed by atoms with Gasteiger partial charge in [-0.1, -0.05) is 18.2 Å². The first-order valence-electron chi connectivity index (χ1n) is 6.37. The molecule has 0 atom stereocenters. The maximum atomic E-state index is 11.0. The number of rotatable bonds is 7. The van der Waals surface area contributed by atoms with E-state index in [0.717, 1.165) is 12.2 Å². The first kappa shape index (κ1) is 13.9. The zero-order valence-electron chi connectivity index (χ0n) is 11.0. The van der Waals surface area contributed by atoms with Crippen molar-refractivity contribution in [3.8, 4) is 5.75 Å². The standard InChI is InChI=1S/C15H16N2O3/c18-15(19)13-8-4-9-16-14(13)17-10-5-11-20-12-6-2-1-3-7-12/h1-4,6-9H,5,10-11H2,(H,16,17)(H,18,19).